The van der Waals surface area contributed by atoms with Crippen molar-refractivity contribution in [2.24, 2.45) is 0 Å². The second-order valence-corrected chi connectivity index (χ2v) is 8.19. The van der Waals surface area contributed by atoms with Crippen molar-refractivity contribution in [2.75, 3.05) is 5.32 Å². The van der Waals surface area contributed by atoms with Crippen LogP contribution in [0.5, 0.6) is 5.75 Å². The lowest BCUT2D eigenvalue weighted by Crippen LogP contribution is -2.22. The fourth-order valence-corrected chi connectivity index (χ4v) is 3.58. The second-order valence-electron chi connectivity index (χ2n) is 6.88. The number of benzene rings is 3. The van der Waals surface area contributed by atoms with Crippen LogP contribution in [0.2, 0.25) is 0 Å². The Balaban J connectivity index is 1.29. The van der Waals surface area contributed by atoms with Crippen LogP contribution in [0.4, 0.5) is 5.69 Å². The van der Waals surface area contributed by atoms with Crippen molar-refractivity contribution in [3.05, 3.63) is 90.5 Å². The van der Waals surface area contributed by atoms with Gasteiger partial charge in [0.25, 0.3) is 0 Å². The molecule has 2 N–H and O–H groups in total. The highest BCUT2D eigenvalue weighted by Crippen LogP contribution is 2.24. The first-order valence-electron chi connectivity index (χ1n) is 9.89. The molecule has 0 aliphatic rings. The fourth-order valence-electron chi connectivity index (χ4n) is 2.86. The average Bonchev–Trinajstić information content (AvgIpc) is 3.28. The summed E-state index contributed by atoms with van der Waals surface area (Å²) in [7, 11) is 0. The third kappa shape index (κ3) is 5.73. The molecule has 0 aliphatic heterocycles. The van der Waals surface area contributed by atoms with Crippen LogP contribution in [-0.4, -0.2) is 26.3 Å². The number of rotatable bonds is 8. The Kier molecular flexibility index (Phi) is 6.64. The average molecular weight is 431 g/mol. The predicted molar refractivity (Wildman–Crippen MR) is 123 cm³/mol. The summed E-state index contributed by atoms with van der Waals surface area (Å²) in [4.78, 5) is 17.0. The number of hydrogen-bond acceptors (Lipinski definition) is 5. The maximum Gasteiger partial charge on any atom is 0.237 e. The zero-order chi connectivity index (χ0) is 21.5. The SMILES string of the molecule is CC(Sc1n[nH]c(-c2ccccc2)n1)C(=O)Nc1ccc(OCc2ccccc2)cc1. The number of thioether (sulfide) groups is 1. The molecule has 0 radical (unpaired) electrons. The van der Waals surface area contributed by atoms with Crippen LogP contribution in [0, 0.1) is 0 Å². The third-order valence-corrected chi connectivity index (χ3v) is 5.49. The highest BCUT2D eigenvalue weighted by atomic mass is 32.2. The maximum absolute atomic E-state index is 12.6. The van der Waals surface area contributed by atoms with Crippen LogP contribution in [-0.2, 0) is 11.4 Å². The van der Waals surface area contributed by atoms with Crippen molar-refractivity contribution in [3.63, 3.8) is 0 Å². The van der Waals surface area contributed by atoms with Crippen molar-refractivity contribution in [3.8, 4) is 17.1 Å². The molecule has 0 spiro atoms. The fraction of sp³-hybridized carbons (Fsp3) is 0.125. The zero-order valence-corrected chi connectivity index (χ0v) is 17.8. The Hall–Kier alpha value is -3.58. The van der Waals surface area contributed by atoms with E-state index in [4.69, 9.17) is 4.74 Å². The first-order chi connectivity index (χ1) is 15.2. The summed E-state index contributed by atoms with van der Waals surface area (Å²) >= 11 is 1.31. The smallest absolute Gasteiger partial charge is 0.237 e. The molecule has 4 aromatic rings. The molecule has 7 heteroatoms. The molecule has 1 atom stereocenters. The largest absolute Gasteiger partial charge is 0.489 e. The summed E-state index contributed by atoms with van der Waals surface area (Å²) in [5.41, 5.74) is 2.77. The third-order valence-electron chi connectivity index (χ3n) is 4.53. The van der Waals surface area contributed by atoms with Crippen molar-refractivity contribution >= 4 is 23.4 Å². The monoisotopic (exact) mass is 430 g/mol. The number of H-pyrrole nitrogens is 1. The molecule has 1 heterocycles. The predicted octanol–water partition coefficient (Wildman–Crippen LogP) is 5.17. The van der Waals surface area contributed by atoms with E-state index in [-0.39, 0.29) is 11.2 Å². The molecule has 3 aromatic carbocycles. The lowest BCUT2D eigenvalue weighted by molar-refractivity contribution is -0.115. The van der Waals surface area contributed by atoms with Gasteiger partial charge in [0.2, 0.25) is 11.1 Å². The topological polar surface area (TPSA) is 79.9 Å². The summed E-state index contributed by atoms with van der Waals surface area (Å²) < 4.78 is 5.78. The van der Waals surface area contributed by atoms with Gasteiger partial charge in [-0.3, -0.25) is 9.89 Å². The summed E-state index contributed by atoms with van der Waals surface area (Å²) in [6.45, 7) is 2.33. The van der Waals surface area contributed by atoms with Crippen LogP contribution < -0.4 is 10.1 Å². The first kappa shape index (κ1) is 20.7. The van der Waals surface area contributed by atoms with Crippen LogP contribution >= 0.6 is 11.8 Å². The molecule has 0 saturated heterocycles. The number of aromatic amines is 1. The number of carbonyl (C=O) groups is 1. The van der Waals surface area contributed by atoms with Gasteiger partial charge in [-0.15, -0.1) is 5.10 Å². The molecule has 156 valence electrons. The van der Waals surface area contributed by atoms with Crippen molar-refractivity contribution in [2.45, 2.75) is 23.9 Å². The van der Waals surface area contributed by atoms with Gasteiger partial charge in [-0.25, -0.2) is 4.98 Å². The highest BCUT2D eigenvalue weighted by Gasteiger charge is 2.17. The number of aromatic nitrogens is 3. The molecule has 31 heavy (non-hydrogen) atoms. The van der Waals surface area contributed by atoms with Gasteiger partial charge in [-0.2, -0.15) is 0 Å². The molecule has 1 aromatic heterocycles. The van der Waals surface area contributed by atoms with Crippen LogP contribution in [0.15, 0.2) is 90.1 Å². The van der Waals surface area contributed by atoms with Crippen LogP contribution in [0.1, 0.15) is 12.5 Å². The Morgan fingerprint density at radius 2 is 1.68 bits per heavy atom. The number of hydrogen-bond donors (Lipinski definition) is 2. The molecular formula is C24H22N4O2S. The van der Waals surface area contributed by atoms with Crippen LogP contribution in [0.25, 0.3) is 11.4 Å². The van der Waals surface area contributed by atoms with Crippen LogP contribution in [0.3, 0.4) is 0 Å². The van der Waals surface area contributed by atoms with E-state index in [1.54, 1.807) is 0 Å². The molecule has 1 amide bonds. The van der Waals surface area contributed by atoms with Gasteiger partial charge >= 0.3 is 0 Å². The van der Waals surface area contributed by atoms with E-state index < -0.39 is 0 Å². The summed E-state index contributed by atoms with van der Waals surface area (Å²) in [5.74, 6) is 1.31. The molecule has 1 unspecified atom stereocenters. The minimum Gasteiger partial charge on any atom is -0.489 e. The number of anilines is 1. The molecule has 0 fully saturated rings. The normalized spacial score (nSPS) is 11.6. The first-order valence-corrected chi connectivity index (χ1v) is 10.8. The van der Waals surface area contributed by atoms with Gasteiger partial charge in [0.15, 0.2) is 5.82 Å². The molecule has 0 bridgehead atoms. The molecule has 6 nitrogen and oxygen atoms in total. The van der Waals surface area contributed by atoms with E-state index >= 15 is 0 Å². The van der Waals surface area contributed by atoms with Gasteiger partial charge < -0.3 is 10.1 Å². The molecule has 0 aliphatic carbocycles. The maximum atomic E-state index is 12.6. The van der Waals surface area contributed by atoms with Gasteiger partial charge in [0.1, 0.15) is 12.4 Å². The van der Waals surface area contributed by atoms with Crippen molar-refractivity contribution < 1.29 is 9.53 Å². The van der Waals surface area contributed by atoms with Gasteiger partial charge in [0, 0.05) is 11.3 Å². The van der Waals surface area contributed by atoms with E-state index in [0.717, 1.165) is 16.9 Å². The van der Waals surface area contributed by atoms with Gasteiger partial charge in [-0.1, -0.05) is 72.4 Å². The number of ether oxygens (including phenoxy) is 1. The Morgan fingerprint density at radius 3 is 2.39 bits per heavy atom. The minimum absolute atomic E-state index is 0.117. The van der Waals surface area contributed by atoms with E-state index in [1.807, 2.05) is 91.9 Å². The van der Waals surface area contributed by atoms with E-state index in [0.29, 0.717) is 23.3 Å². The molecular weight excluding hydrogens is 408 g/mol. The summed E-state index contributed by atoms with van der Waals surface area (Å²) in [6.07, 6.45) is 0. The van der Waals surface area contributed by atoms with Crippen molar-refractivity contribution in [1.29, 1.82) is 0 Å². The van der Waals surface area contributed by atoms with E-state index in [9.17, 15) is 4.79 Å². The van der Waals surface area contributed by atoms with E-state index in [2.05, 4.69) is 20.5 Å². The molecule has 4 rings (SSSR count). The summed E-state index contributed by atoms with van der Waals surface area (Å²) in [6, 6.07) is 27.1. The van der Waals surface area contributed by atoms with Gasteiger partial charge in [0.05, 0.1) is 5.25 Å². The Bertz CT molecular complexity index is 1120. The van der Waals surface area contributed by atoms with E-state index in [1.165, 1.54) is 11.8 Å². The minimum atomic E-state index is -0.353. The number of amides is 1. The zero-order valence-electron chi connectivity index (χ0n) is 17.0. The Morgan fingerprint density at radius 1 is 1.00 bits per heavy atom. The molecule has 0 saturated carbocycles. The second kappa shape index (κ2) is 9.95. The lowest BCUT2D eigenvalue weighted by atomic mass is 10.2. The van der Waals surface area contributed by atoms with Gasteiger partial charge in [-0.05, 0) is 36.8 Å². The number of nitrogens with zero attached hydrogens (tertiary/aromatic N) is 2. The van der Waals surface area contributed by atoms with Crippen molar-refractivity contribution in [1.82, 2.24) is 15.2 Å². The highest BCUT2D eigenvalue weighted by molar-refractivity contribution is 8.00. The summed E-state index contributed by atoms with van der Waals surface area (Å²) in [5, 5.41) is 10.2. The lowest BCUT2D eigenvalue weighted by Gasteiger charge is -2.11. The standard InChI is InChI=1S/C24H22N4O2S/c1-17(31-24-26-22(27-28-24)19-10-6-3-7-11-19)23(29)25-20-12-14-21(15-13-20)30-16-18-8-4-2-5-9-18/h2-15,17H,16H2,1H3,(H,25,29)(H,26,27,28). The Labute approximate surface area is 185 Å². The quantitative estimate of drug-likeness (QED) is 0.377. The number of carbonyl (C=O) groups excluding carboxylic acids is 1. The number of nitrogens with one attached hydrogen (secondary N) is 2.